The van der Waals surface area contributed by atoms with Gasteiger partial charge in [-0.05, 0) is 87.4 Å². The number of anilines is 1. The van der Waals surface area contributed by atoms with Gasteiger partial charge in [0.05, 0.1) is 12.3 Å². The van der Waals surface area contributed by atoms with Crippen molar-refractivity contribution in [2.45, 2.75) is 33.8 Å². The molecule has 1 fully saturated rings. The van der Waals surface area contributed by atoms with Crippen molar-refractivity contribution >= 4 is 11.7 Å². The molecule has 0 N–H and O–H groups in total. The number of hydrogen-bond acceptors (Lipinski definition) is 6. The first-order chi connectivity index (χ1) is 16.4. The number of carbonyl (C=O) groups excluding carboxylic acids is 1. The van der Waals surface area contributed by atoms with Crippen molar-refractivity contribution in [2.75, 3.05) is 37.7 Å². The first kappa shape index (κ1) is 23.5. The Labute approximate surface area is 201 Å². The van der Waals surface area contributed by atoms with E-state index in [1.807, 2.05) is 80.3 Å². The standard InChI is InChI=1S/C27H32N4O3/c1-5-33-23-10-7-22(8-11-23)25-12-13-26(29-28-25)30-14-16-31(17-15-30)27(32)21(4)34-24-9-6-19(2)20(3)18-24/h6-13,18,21H,5,14-17H2,1-4H3. The van der Waals surface area contributed by atoms with Gasteiger partial charge in [-0.1, -0.05) is 6.07 Å². The van der Waals surface area contributed by atoms with Crippen LogP contribution in [-0.2, 0) is 4.79 Å². The van der Waals surface area contributed by atoms with Gasteiger partial charge in [-0.15, -0.1) is 10.2 Å². The fraction of sp³-hybridized carbons (Fsp3) is 0.370. The monoisotopic (exact) mass is 460 g/mol. The second-order valence-corrected chi connectivity index (χ2v) is 8.55. The van der Waals surface area contributed by atoms with Gasteiger partial charge in [0.1, 0.15) is 11.5 Å². The molecule has 1 atom stereocenters. The molecule has 7 nitrogen and oxygen atoms in total. The Bertz CT molecular complexity index is 1110. The molecule has 1 aliphatic rings. The lowest BCUT2D eigenvalue weighted by molar-refractivity contribution is -0.138. The third kappa shape index (κ3) is 5.47. The summed E-state index contributed by atoms with van der Waals surface area (Å²) in [4.78, 5) is 16.9. The quantitative estimate of drug-likeness (QED) is 0.524. The smallest absolute Gasteiger partial charge is 0.263 e. The summed E-state index contributed by atoms with van der Waals surface area (Å²) in [6.45, 7) is 11.2. The van der Waals surface area contributed by atoms with E-state index in [0.717, 1.165) is 34.1 Å². The number of amides is 1. The van der Waals surface area contributed by atoms with Crippen molar-refractivity contribution in [1.29, 1.82) is 0 Å². The summed E-state index contributed by atoms with van der Waals surface area (Å²) in [7, 11) is 0. The maximum Gasteiger partial charge on any atom is 0.263 e. The van der Waals surface area contributed by atoms with Crippen molar-refractivity contribution in [3.8, 4) is 22.8 Å². The molecule has 7 heteroatoms. The molecule has 1 amide bonds. The maximum atomic E-state index is 12.9. The van der Waals surface area contributed by atoms with Crippen molar-refractivity contribution in [1.82, 2.24) is 15.1 Å². The Morgan fingerprint density at radius 1 is 0.912 bits per heavy atom. The van der Waals surface area contributed by atoms with Crippen LogP contribution in [-0.4, -0.2) is 59.9 Å². The minimum Gasteiger partial charge on any atom is -0.494 e. The van der Waals surface area contributed by atoms with Gasteiger partial charge < -0.3 is 19.3 Å². The zero-order valence-corrected chi connectivity index (χ0v) is 20.3. The van der Waals surface area contributed by atoms with Crippen LogP contribution in [0.4, 0.5) is 5.82 Å². The van der Waals surface area contributed by atoms with Crippen LogP contribution in [0.25, 0.3) is 11.3 Å². The summed E-state index contributed by atoms with van der Waals surface area (Å²) in [5, 5.41) is 8.84. The van der Waals surface area contributed by atoms with Crippen LogP contribution in [0.3, 0.4) is 0 Å². The number of benzene rings is 2. The molecule has 1 saturated heterocycles. The SMILES string of the molecule is CCOc1ccc(-c2ccc(N3CCN(C(=O)C(C)Oc4ccc(C)c(C)c4)CC3)nn2)cc1. The molecule has 34 heavy (non-hydrogen) atoms. The highest BCUT2D eigenvalue weighted by atomic mass is 16.5. The minimum absolute atomic E-state index is 0.00908. The molecule has 1 aliphatic heterocycles. The topological polar surface area (TPSA) is 67.8 Å². The van der Waals surface area contributed by atoms with Crippen LogP contribution in [0, 0.1) is 13.8 Å². The normalized spacial score (nSPS) is 14.6. The zero-order valence-electron chi connectivity index (χ0n) is 20.3. The van der Waals surface area contributed by atoms with E-state index >= 15 is 0 Å². The van der Waals surface area contributed by atoms with Gasteiger partial charge in [-0.2, -0.15) is 0 Å². The van der Waals surface area contributed by atoms with Gasteiger partial charge in [0.2, 0.25) is 0 Å². The second kappa shape index (κ2) is 10.5. The van der Waals surface area contributed by atoms with E-state index < -0.39 is 6.10 Å². The highest BCUT2D eigenvalue weighted by molar-refractivity contribution is 5.81. The van der Waals surface area contributed by atoms with E-state index in [-0.39, 0.29) is 5.91 Å². The highest BCUT2D eigenvalue weighted by Crippen LogP contribution is 2.23. The molecule has 0 aliphatic carbocycles. The third-order valence-electron chi connectivity index (χ3n) is 6.17. The van der Waals surface area contributed by atoms with Gasteiger partial charge in [0.25, 0.3) is 5.91 Å². The van der Waals surface area contributed by atoms with Crippen LogP contribution in [0.5, 0.6) is 11.5 Å². The first-order valence-electron chi connectivity index (χ1n) is 11.8. The van der Waals surface area contributed by atoms with E-state index in [9.17, 15) is 4.79 Å². The van der Waals surface area contributed by atoms with Gasteiger partial charge in [0, 0.05) is 31.7 Å². The summed E-state index contributed by atoms with van der Waals surface area (Å²) < 4.78 is 11.4. The molecule has 4 rings (SSSR count). The largest absolute Gasteiger partial charge is 0.494 e. The number of carbonyl (C=O) groups is 1. The Hall–Kier alpha value is -3.61. The maximum absolute atomic E-state index is 12.9. The number of hydrogen-bond donors (Lipinski definition) is 0. The lowest BCUT2D eigenvalue weighted by atomic mass is 10.1. The average Bonchev–Trinajstić information content (AvgIpc) is 2.87. The molecule has 178 valence electrons. The van der Waals surface area contributed by atoms with E-state index in [1.165, 1.54) is 5.56 Å². The van der Waals surface area contributed by atoms with Crippen molar-refractivity contribution < 1.29 is 14.3 Å². The second-order valence-electron chi connectivity index (χ2n) is 8.55. The zero-order chi connectivity index (χ0) is 24.1. The molecule has 0 radical (unpaired) electrons. The fourth-order valence-corrected chi connectivity index (χ4v) is 3.99. The first-order valence-corrected chi connectivity index (χ1v) is 11.8. The fourth-order valence-electron chi connectivity index (χ4n) is 3.99. The van der Waals surface area contributed by atoms with E-state index in [0.29, 0.717) is 32.8 Å². The van der Waals surface area contributed by atoms with Crippen molar-refractivity contribution in [2.24, 2.45) is 0 Å². The summed E-state index contributed by atoms with van der Waals surface area (Å²) in [6, 6.07) is 17.7. The molecule has 3 aromatic rings. The van der Waals surface area contributed by atoms with Gasteiger partial charge in [0.15, 0.2) is 11.9 Å². The molecule has 0 saturated carbocycles. The predicted octanol–water partition coefficient (Wildman–Crippen LogP) is 4.28. The Kier molecular flexibility index (Phi) is 7.30. The minimum atomic E-state index is -0.526. The van der Waals surface area contributed by atoms with Crippen LogP contribution in [0.2, 0.25) is 0 Å². The molecule has 2 heterocycles. The van der Waals surface area contributed by atoms with Crippen LogP contribution < -0.4 is 14.4 Å². The molecular formula is C27H32N4O3. The highest BCUT2D eigenvalue weighted by Gasteiger charge is 2.26. The van der Waals surface area contributed by atoms with Gasteiger partial charge in [-0.25, -0.2) is 0 Å². The molecule has 2 aromatic carbocycles. The molecule has 0 bridgehead atoms. The van der Waals surface area contributed by atoms with Gasteiger partial charge in [-0.3, -0.25) is 4.79 Å². The summed E-state index contributed by atoms with van der Waals surface area (Å²) in [5.74, 6) is 2.40. The van der Waals surface area contributed by atoms with E-state index in [2.05, 4.69) is 22.0 Å². The predicted molar refractivity (Wildman–Crippen MR) is 133 cm³/mol. The summed E-state index contributed by atoms with van der Waals surface area (Å²) in [6.07, 6.45) is -0.526. The van der Waals surface area contributed by atoms with Crippen molar-refractivity contribution in [3.05, 3.63) is 65.7 Å². The van der Waals surface area contributed by atoms with Crippen LogP contribution in [0.15, 0.2) is 54.6 Å². The number of aromatic nitrogens is 2. The number of ether oxygens (including phenoxy) is 2. The lowest BCUT2D eigenvalue weighted by Crippen LogP contribution is -2.52. The average molecular weight is 461 g/mol. The van der Waals surface area contributed by atoms with E-state index in [1.54, 1.807) is 0 Å². The molecular weight excluding hydrogens is 428 g/mol. The third-order valence-corrected chi connectivity index (χ3v) is 6.17. The van der Waals surface area contributed by atoms with E-state index in [4.69, 9.17) is 9.47 Å². The van der Waals surface area contributed by atoms with Crippen LogP contribution >= 0.6 is 0 Å². The van der Waals surface area contributed by atoms with Crippen LogP contribution in [0.1, 0.15) is 25.0 Å². The summed E-state index contributed by atoms with van der Waals surface area (Å²) >= 11 is 0. The number of aryl methyl sites for hydroxylation is 2. The Morgan fingerprint density at radius 2 is 1.62 bits per heavy atom. The molecule has 0 spiro atoms. The molecule has 1 aromatic heterocycles. The summed E-state index contributed by atoms with van der Waals surface area (Å²) in [5.41, 5.74) is 4.17. The Morgan fingerprint density at radius 3 is 2.24 bits per heavy atom. The number of rotatable bonds is 7. The van der Waals surface area contributed by atoms with Crippen molar-refractivity contribution in [3.63, 3.8) is 0 Å². The lowest BCUT2D eigenvalue weighted by Gasteiger charge is -2.36. The Balaban J connectivity index is 1.31. The number of piperazine rings is 1. The molecule has 1 unspecified atom stereocenters. The number of nitrogens with zero attached hydrogens (tertiary/aromatic N) is 4. The van der Waals surface area contributed by atoms with Gasteiger partial charge >= 0.3 is 0 Å².